The van der Waals surface area contributed by atoms with Crippen molar-refractivity contribution in [3.8, 4) is 5.75 Å². The van der Waals surface area contributed by atoms with Crippen molar-refractivity contribution in [1.82, 2.24) is 0 Å². The maximum absolute atomic E-state index is 5.40. The molecule has 0 aromatic heterocycles. The van der Waals surface area contributed by atoms with Crippen molar-refractivity contribution >= 4 is 22.6 Å². The lowest BCUT2D eigenvalue weighted by Gasteiger charge is -2.08. The molecule has 66 valence electrons. The predicted octanol–water partition coefficient (Wildman–Crippen LogP) is 3.64. The number of hydrogen-bond acceptors (Lipinski definition) is 2. The number of rotatable bonds is 3. The van der Waals surface area contributed by atoms with Gasteiger partial charge in [0.05, 0.1) is 0 Å². The molecule has 12 heavy (non-hydrogen) atoms. The highest BCUT2D eigenvalue weighted by Gasteiger charge is 2.04. The normalized spacial score (nSPS) is 12.6. The summed E-state index contributed by atoms with van der Waals surface area (Å²) >= 11 is 3.26. The number of hydrogen-bond donors (Lipinski definition) is 0. The molecule has 1 rings (SSSR count). The number of halogens is 1. The van der Waals surface area contributed by atoms with Crippen LogP contribution in [0.2, 0.25) is 0 Å². The Balaban J connectivity index is 2.63. The third-order valence-corrected chi connectivity index (χ3v) is 3.25. The molecular weight excluding hydrogens is 239 g/mol. The fourth-order valence-corrected chi connectivity index (χ4v) is 1.65. The summed E-state index contributed by atoms with van der Waals surface area (Å²) in [5.41, 5.74) is 1.18. The van der Waals surface area contributed by atoms with E-state index in [1.807, 2.05) is 31.2 Å². The first kappa shape index (κ1) is 9.97. The van der Waals surface area contributed by atoms with Crippen LogP contribution in [-0.4, -0.2) is 7.11 Å². The topological polar surface area (TPSA) is 18.5 Å². The van der Waals surface area contributed by atoms with E-state index in [1.54, 1.807) is 7.11 Å². The van der Waals surface area contributed by atoms with E-state index in [-0.39, 0.29) is 0 Å². The Kier molecular flexibility index (Phi) is 3.99. The summed E-state index contributed by atoms with van der Waals surface area (Å²) in [6.45, 7) is 2.02. The van der Waals surface area contributed by atoms with E-state index in [2.05, 4.69) is 15.5 Å². The van der Waals surface area contributed by atoms with Gasteiger partial charge in [-0.05, 0) is 24.6 Å². The molecule has 1 atom stereocenters. The van der Waals surface area contributed by atoms with Crippen molar-refractivity contribution < 1.29 is 9.05 Å². The largest absolute Gasteiger partial charge is 0.439 e. The summed E-state index contributed by atoms with van der Waals surface area (Å²) in [6, 6.07) is 7.85. The fourth-order valence-electron chi connectivity index (χ4n) is 0.792. The molecular formula is C8H10BrO2P. The quantitative estimate of drug-likeness (QED) is 0.761. The second kappa shape index (κ2) is 4.80. The van der Waals surface area contributed by atoms with Crippen molar-refractivity contribution in [3.05, 3.63) is 29.8 Å². The Labute approximate surface area is 81.5 Å². The van der Waals surface area contributed by atoms with Crippen molar-refractivity contribution in [2.75, 3.05) is 7.11 Å². The first-order chi connectivity index (χ1) is 5.72. The van der Waals surface area contributed by atoms with Crippen molar-refractivity contribution in [2.24, 2.45) is 0 Å². The van der Waals surface area contributed by atoms with Crippen LogP contribution < -0.4 is 4.52 Å². The van der Waals surface area contributed by atoms with Gasteiger partial charge >= 0.3 is 7.08 Å². The summed E-state index contributed by atoms with van der Waals surface area (Å²) in [5, 5.41) is 0. The molecule has 0 radical (unpaired) electrons. The van der Waals surface area contributed by atoms with E-state index in [0.29, 0.717) is 0 Å². The molecule has 1 aromatic rings. The van der Waals surface area contributed by atoms with Gasteiger partial charge in [-0.1, -0.05) is 12.1 Å². The molecule has 0 bridgehead atoms. The molecule has 0 saturated carbocycles. The van der Waals surface area contributed by atoms with Crippen molar-refractivity contribution in [2.45, 2.75) is 6.92 Å². The molecule has 0 N–H and O–H groups in total. The van der Waals surface area contributed by atoms with Crippen molar-refractivity contribution in [3.63, 3.8) is 0 Å². The van der Waals surface area contributed by atoms with Gasteiger partial charge in [-0.15, -0.1) is 0 Å². The highest BCUT2D eigenvalue weighted by atomic mass is 79.9. The minimum Gasteiger partial charge on any atom is -0.439 e. The van der Waals surface area contributed by atoms with Gasteiger partial charge in [0.1, 0.15) is 5.75 Å². The van der Waals surface area contributed by atoms with Gasteiger partial charge in [0.25, 0.3) is 0 Å². The maximum atomic E-state index is 5.40. The lowest BCUT2D eigenvalue weighted by atomic mass is 10.2. The van der Waals surface area contributed by atoms with Crippen LogP contribution >= 0.6 is 22.6 Å². The Hall–Kier alpha value is -0.110. The van der Waals surface area contributed by atoms with Crippen LogP contribution in [0.3, 0.4) is 0 Å². The SMILES string of the molecule is COP(Br)Oc1cccc(C)c1. The molecule has 1 aromatic carbocycles. The van der Waals surface area contributed by atoms with Gasteiger partial charge in [0.2, 0.25) is 0 Å². The first-order valence-electron chi connectivity index (χ1n) is 3.47. The number of aryl methyl sites for hydroxylation is 1. The maximum Gasteiger partial charge on any atom is 0.306 e. The second-order valence-corrected chi connectivity index (χ2v) is 5.01. The van der Waals surface area contributed by atoms with Gasteiger partial charge in [0.15, 0.2) is 0 Å². The van der Waals surface area contributed by atoms with Gasteiger partial charge in [-0.3, -0.25) is 0 Å². The van der Waals surface area contributed by atoms with Gasteiger partial charge < -0.3 is 9.05 Å². The molecule has 4 heteroatoms. The van der Waals surface area contributed by atoms with Crippen LogP contribution in [0, 0.1) is 6.92 Å². The fraction of sp³-hybridized carbons (Fsp3) is 0.250. The summed E-state index contributed by atoms with van der Waals surface area (Å²) in [4.78, 5) is 0. The zero-order valence-electron chi connectivity index (χ0n) is 6.95. The molecule has 0 aliphatic heterocycles. The zero-order chi connectivity index (χ0) is 8.97. The monoisotopic (exact) mass is 248 g/mol. The third-order valence-electron chi connectivity index (χ3n) is 1.31. The predicted molar refractivity (Wildman–Crippen MR) is 54.7 cm³/mol. The van der Waals surface area contributed by atoms with E-state index in [4.69, 9.17) is 9.05 Å². The molecule has 0 aliphatic rings. The standard InChI is InChI=1S/C8H10BrO2P/c1-7-4-3-5-8(6-7)11-12(9)10-2/h3-6H,1-2H3. The summed E-state index contributed by atoms with van der Waals surface area (Å²) in [5.74, 6) is 0.833. The third kappa shape index (κ3) is 3.10. The molecule has 0 fully saturated rings. The summed E-state index contributed by atoms with van der Waals surface area (Å²) in [7, 11) is 0.653. The van der Waals surface area contributed by atoms with Crippen molar-refractivity contribution in [1.29, 1.82) is 0 Å². The van der Waals surface area contributed by atoms with Gasteiger partial charge in [-0.25, -0.2) is 0 Å². The number of benzene rings is 1. The molecule has 0 saturated heterocycles. The van der Waals surface area contributed by atoms with Gasteiger partial charge in [0, 0.05) is 22.6 Å². The lowest BCUT2D eigenvalue weighted by Crippen LogP contribution is -1.83. The average Bonchev–Trinajstić information content (AvgIpc) is 2.04. The smallest absolute Gasteiger partial charge is 0.306 e. The van der Waals surface area contributed by atoms with Crippen LogP contribution in [0.4, 0.5) is 0 Å². The zero-order valence-corrected chi connectivity index (χ0v) is 9.43. The Morgan fingerprint density at radius 3 is 2.75 bits per heavy atom. The molecule has 0 amide bonds. The van der Waals surface area contributed by atoms with Crippen LogP contribution in [0.25, 0.3) is 0 Å². The van der Waals surface area contributed by atoms with Gasteiger partial charge in [-0.2, -0.15) is 0 Å². The summed E-state index contributed by atoms with van der Waals surface area (Å²) in [6.07, 6.45) is 0. The molecule has 2 nitrogen and oxygen atoms in total. The molecule has 0 heterocycles. The van der Waals surface area contributed by atoms with E-state index in [1.165, 1.54) is 5.56 Å². The van der Waals surface area contributed by atoms with E-state index >= 15 is 0 Å². The van der Waals surface area contributed by atoms with Crippen LogP contribution in [-0.2, 0) is 4.52 Å². The highest BCUT2D eigenvalue weighted by Crippen LogP contribution is 2.45. The summed E-state index contributed by atoms with van der Waals surface area (Å²) < 4.78 is 10.4. The van der Waals surface area contributed by atoms with Crippen LogP contribution in [0.15, 0.2) is 24.3 Å². The minimum atomic E-state index is -0.955. The lowest BCUT2D eigenvalue weighted by molar-refractivity contribution is 0.412. The Bertz CT molecular complexity index is 255. The van der Waals surface area contributed by atoms with Crippen LogP contribution in [0.1, 0.15) is 5.56 Å². The molecule has 0 spiro atoms. The van der Waals surface area contributed by atoms with E-state index in [9.17, 15) is 0 Å². The Morgan fingerprint density at radius 2 is 2.17 bits per heavy atom. The highest BCUT2D eigenvalue weighted by molar-refractivity contribution is 9.38. The van der Waals surface area contributed by atoms with Crippen LogP contribution in [0.5, 0.6) is 5.75 Å². The minimum absolute atomic E-state index is 0.833. The van der Waals surface area contributed by atoms with E-state index < -0.39 is 7.08 Å². The van der Waals surface area contributed by atoms with E-state index in [0.717, 1.165) is 5.75 Å². The molecule has 1 unspecified atom stereocenters. The Morgan fingerprint density at radius 1 is 1.42 bits per heavy atom. The first-order valence-corrected chi connectivity index (χ1v) is 6.66. The molecule has 0 aliphatic carbocycles. The second-order valence-electron chi connectivity index (χ2n) is 2.30. The average molecular weight is 249 g/mol.